The van der Waals surface area contributed by atoms with Gasteiger partial charge >= 0.3 is 0 Å². The van der Waals surface area contributed by atoms with Gasteiger partial charge < -0.3 is 34.3 Å². The predicted molar refractivity (Wildman–Crippen MR) is 166 cm³/mol. The maximum Gasteiger partial charge on any atom is 0.255 e. The van der Waals surface area contributed by atoms with Crippen molar-refractivity contribution in [2.75, 3.05) is 50.3 Å². The Hall–Kier alpha value is -4.86. The van der Waals surface area contributed by atoms with Crippen molar-refractivity contribution in [2.24, 2.45) is 0 Å². The Labute approximate surface area is 251 Å². The highest BCUT2D eigenvalue weighted by Crippen LogP contribution is 2.25. The van der Waals surface area contributed by atoms with Gasteiger partial charge in [-0.2, -0.15) is 0 Å². The van der Waals surface area contributed by atoms with Gasteiger partial charge in [0.2, 0.25) is 0 Å². The van der Waals surface area contributed by atoms with Gasteiger partial charge in [-0.15, -0.1) is 0 Å². The predicted octanol–water partition coefficient (Wildman–Crippen LogP) is 6.81. The summed E-state index contributed by atoms with van der Waals surface area (Å²) >= 11 is 0. The normalized spacial score (nSPS) is 10.6. The van der Waals surface area contributed by atoms with Crippen LogP contribution in [-0.2, 0) is 9.47 Å². The zero-order valence-corrected chi connectivity index (χ0v) is 24.3. The maximum atomic E-state index is 12.7. The molecule has 4 aromatic rings. The van der Waals surface area contributed by atoms with E-state index in [0.717, 1.165) is 0 Å². The van der Waals surface area contributed by atoms with Gasteiger partial charge in [0.05, 0.1) is 13.2 Å². The van der Waals surface area contributed by atoms with Crippen LogP contribution in [0.2, 0.25) is 0 Å². The van der Waals surface area contributed by atoms with Crippen molar-refractivity contribution >= 4 is 23.2 Å². The minimum Gasteiger partial charge on any atom is -0.491 e. The molecule has 0 radical (unpaired) electrons. The summed E-state index contributed by atoms with van der Waals surface area (Å²) in [6.45, 7) is 6.92. The number of nitrogens with one attached hydrogen (secondary N) is 2. The Morgan fingerprint density at radius 2 is 0.953 bits per heavy atom. The summed E-state index contributed by atoms with van der Waals surface area (Å²) in [5, 5.41) is 5.76. The third-order valence-electron chi connectivity index (χ3n) is 6.05. The minimum absolute atomic E-state index is 0.248. The summed E-state index contributed by atoms with van der Waals surface area (Å²) < 4.78 is 27.8. The van der Waals surface area contributed by atoms with Crippen LogP contribution in [0.5, 0.6) is 23.0 Å². The fourth-order valence-corrected chi connectivity index (χ4v) is 3.94. The van der Waals surface area contributed by atoms with E-state index in [2.05, 4.69) is 10.6 Å². The molecule has 0 saturated carbocycles. The van der Waals surface area contributed by atoms with Crippen LogP contribution in [-0.4, -0.2) is 51.5 Å². The molecule has 0 atom stereocenters. The lowest BCUT2D eigenvalue weighted by Crippen LogP contribution is -2.12. The molecule has 0 bridgehead atoms. The van der Waals surface area contributed by atoms with Crippen LogP contribution in [0.3, 0.4) is 0 Å². The molecule has 43 heavy (non-hydrogen) atoms. The molecule has 0 aliphatic heterocycles. The molecule has 0 heterocycles. The van der Waals surface area contributed by atoms with Crippen LogP contribution < -0.4 is 24.8 Å². The van der Waals surface area contributed by atoms with Gasteiger partial charge in [0.1, 0.15) is 36.2 Å². The second-order valence-corrected chi connectivity index (χ2v) is 9.21. The number of hydrogen-bond acceptors (Lipinski definition) is 7. The summed E-state index contributed by atoms with van der Waals surface area (Å²) in [4.78, 5) is 25.5. The van der Waals surface area contributed by atoms with Crippen molar-refractivity contribution in [1.82, 2.24) is 0 Å². The first kappa shape index (κ1) is 31.1. The molecular formula is C34H36N2O7. The Bertz CT molecular complexity index is 1350. The van der Waals surface area contributed by atoms with Gasteiger partial charge in [0, 0.05) is 35.7 Å². The first-order valence-electron chi connectivity index (χ1n) is 14.2. The number of anilines is 2. The van der Waals surface area contributed by atoms with Crippen molar-refractivity contribution in [1.29, 1.82) is 0 Å². The van der Waals surface area contributed by atoms with Crippen molar-refractivity contribution in [3.05, 3.63) is 108 Å². The van der Waals surface area contributed by atoms with E-state index < -0.39 is 0 Å². The fraction of sp³-hybridized carbons (Fsp3) is 0.235. The SMILES string of the molecule is CCOCCOc1cccc(C(=O)Nc2ccc(Oc3ccc(NC(=O)c4cccc(OCCOCC)c4)cc3)cc2)c1. The van der Waals surface area contributed by atoms with Crippen LogP contribution in [0.25, 0.3) is 0 Å². The van der Waals surface area contributed by atoms with Gasteiger partial charge in [0.25, 0.3) is 11.8 Å². The van der Waals surface area contributed by atoms with Crippen molar-refractivity contribution in [2.45, 2.75) is 13.8 Å². The highest BCUT2D eigenvalue weighted by molar-refractivity contribution is 6.05. The van der Waals surface area contributed by atoms with Crippen molar-refractivity contribution in [3.63, 3.8) is 0 Å². The van der Waals surface area contributed by atoms with Gasteiger partial charge in [-0.1, -0.05) is 12.1 Å². The second kappa shape index (κ2) is 16.5. The Kier molecular flexibility index (Phi) is 12.0. The molecule has 0 aliphatic rings. The zero-order valence-electron chi connectivity index (χ0n) is 24.3. The van der Waals surface area contributed by atoms with Gasteiger partial charge in [-0.3, -0.25) is 9.59 Å². The summed E-state index contributed by atoms with van der Waals surface area (Å²) in [5.74, 6) is 1.91. The summed E-state index contributed by atoms with van der Waals surface area (Å²) in [6, 6.07) is 28.1. The molecule has 0 unspecified atom stereocenters. The molecular weight excluding hydrogens is 548 g/mol. The number of ether oxygens (including phenoxy) is 5. The molecule has 0 fully saturated rings. The second-order valence-electron chi connectivity index (χ2n) is 9.21. The third-order valence-corrected chi connectivity index (χ3v) is 6.05. The molecule has 2 N–H and O–H groups in total. The molecule has 0 spiro atoms. The molecule has 224 valence electrons. The summed E-state index contributed by atoms with van der Waals surface area (Å²) in [5.41, 5.74) is 2.23. The highest BCUT2D eigenvalue weighted by Gasteiger charge is 2.10. The monoisotopic (exact) mass is 584 g/mol. The lowest BCUT2D eigenvalue weighted by molar-refractivity contribution is 0.101. The van der Waals surface area contributed by atoms with Crippen molar-refractivity contribution in [3.8, 4) is 23.0 Å². The lowest BCUT2D eigenvalue weighted by Gasteiger charge is -2.11. The minimum atomic E-state index is -0.248. The first-order valence-corrected chi connectivity index (χ1v) is 14.2. The number of amides is 2. The third kappa shape index (κ3) is 10.2. The number of benzene rings is 4. The molecule has 4 rings (SSSR count). The Balaban J connectivity index is 1.26. The fourth-order valence-electron chi connectivity index (χ4n) is 3.94. The van der Waals surface area contributed by atoms with Gasteiger partial charge in [0.15, 0.2) is 0 Å². The van der Waals surface area contributed by atoms with E-state index in [1.165, 1.54) is 0 Å². The van der Waals surface area contributed by atoms with Crippen LogP contribution in [0, 0.1) is 0 Å². The van der Waals surface area contributed by atoms with E-state index in [-0.39, 0.29) is 11.8 Å². The van der Waals surface area contributed by atoms with E-state index in [4.69, 9.17) is 23.7 Å². The average Bonchev–Trinajstić information content (AvgIpc) is 3.03. The molecule has 4 aromatic carbocycles. The number of carbonyl (C=O) groups is 2. The standard InChI is InChI=1S/C34H36N2O7/c1-3-39-19-21-41-31-9-5-7-25(23-31)33(37)35-27-11-15-29(16-12-27)43-30-17-13-28(14-18-30)36-34(38)26-8-6-10-32(24-26)42-22-20-40-4-2/h5-18,23-24H,3-4,19-22H2,1-2H3,(H,35,37)(H,36,38). The van der Waals surface area contributed by atoms with Crippen LogP contribution in [0.4, 0.5) is 11.4 Å². The van der Waals surface area contributed by atoms with Crippen LogP contribution in [0.1, 0.15) is 34.6 Å². The average molecular weight is 585 g/mol. The van der Waals surface area contributed by atoms with Crippen LogP contribution >= 0.6 is 0 Å². The van der Waals surface area contributed by atoms with E-state index >= 15 is 0 Å². The smallest absolute Gasteiger partial charge is 0.255 e. The van der Waals surface area contributed by atoms with E-state index in [1.54, 1.807) is 97.1 Å². The molecule has 2 amide bonds. The van der Waals surface area contributed by atoms with E-state index in [9.17, 15) is 9.59 Å². The first-order chi connectivity index (χ1) is 21.0. The number of carbonyl (C=O) groups excluding carboxylic acids is 2. The van der Waals surface area contributed by atoms with E-state index in [1.807, 2.05) is 13.8 Å². The highest BCUT2D eigenvalue weighted by atomic mass is 16.5. The Morgan fingerprint density at radius 3 is 1.35 bits per heavy atom. The number of hydrogen-bond donors (Lipinski definition) is 2. The summed E-state index contributed by atoms with van der Waals surface area (Å²) in [6.07, 6.45) is 0. The lowest BCUT2D eigenvalue weighted by atomic mass is 10.2. The maximum absolute atomic E-state index is 12.7. The molecule has 9 heteroatoms. The number of rotatable bonds is 16. The largest absolute Gasteiger partial charge is 0.491 e. The molecule has 0 aromatic heterocycles. The topological polar surface area (TPSA) is 104 Å². The van der Waals surface area contributed by atoms with E-state index in [0.29, 0.717) is 85.1 Å². The zero-order chi connectivity index (χ0) is 30.3. The quantitative estimate of drug-likeness (QED) is 0.139. The Morgan fingerprint density at radius 1 is 0.535 bits per heavy atom. The molecule has 0 aliphatic carbocycles. The molecule has 9 nitrogen and oxygen atoms in total. The van der Waals surface area contributed by atoms with Gasteiger partial charge in [-0.25, -0.2) is 0 Å². The summed E-state index contributed by atoms with van der Waals surface area (Å²) in [7, 11) is 0. The van der Waals surface area contributed by atoms with Gasteiger partial charge in [-0.05, 0) is 98.8 Å². The van der Waals surface area contributed by atoms with Crippen LogP contribution in [0.15, 0.2) is 97.1 Å². The molecule has 0 saturated heterocycles. The van der Waals surface area contributed by atoms with Crippen molar-refractivity contribution < 1.29 is 33.3 Å².